The molecule has 0 aliphatic heterocycles. The second-order valence-electron chi connectivity index (χ2n) is 11.5. The smallest absolute Gasteiger partial charge is 0.00174 e. The number of hydrogen-bond donors (Lipinski definition) is 0. The SMILES string of the molecule is c1ccc([C@H]2[C@H](c3ccccc3)C2(CP(c2ccccc2)c2ccccc2)CP(c2ccccc2)c2ccccc2)cc1. The van der Waals surface area contributed by atoms with Gasteiger partial charge in [0, 0.05) is 0 Å². The molecule has 0 aromatic heterocycles. The van der Waals surface area contributed by atoms with Crippen LogP contribution >= 0.6 is 15.8 Å². The third kappa shape index (κ3) is 5.88. The lowest BCUT2D eigenvalue weighted by Gasteiger charge is -2.31. The van der Waals surface area contributed by atoms with E-state index in [2.05, 4.69) is 182 Å². The minimum absolute atomic E-state index is 0.109. The Morgan fingerprint density at radius 3 is 0.814 bits per heavy atom. The van der Waals surface area contributed by atoms with Crippen LogP contribution in [0.25, 0.3) is 0 Å². The van der Waals surface area contributed by atoms with E-state index in [4.69, 9.17) is 0 Å². The van der Waals surface area contributed by atoms with Crippen LogP contribution in [0.3, 0.4) is 0 Å². The summed E-state index contributed by atoms with van der Waals surface area (Å²) in [5.74, 6) is 0.928. The first kappa shape index (κ1) is 28.0. The van der Waals surface area contributed by atoms with Crippen LogP contribution in [0.4, 0.5) is 0 Å². The van der Waals surface area contributed by atoms with Crippen LogP contribution < -0.4 is 21.2 Å². The van der Waals surface area contributed by atoms with Crippen LogP contribution in [0.1, 0.15) is 23.0 Å². The fraction of sp³-hybridized carbons (Fsp3) is 0.122. The van der Waals surface area contributed by atoms with Crippen molar-refractivity contribution in [1.82, 2.24) is 0 Å². The molecule has 0 amide bonds. The molecule has 0 N–H and O–H groups in total. The molecule has 1 aliphatic rings. The zero-order valence-corrected chi connectivity index (χ0v) is 26.1. The standard InChI is InChI=1S/C41H36P2/c1-7-19-33(20-8-1)39-40(34-21-9-2-10-22-34)41(39,31-42(35-23-11-3-12-24-35)36-25-13-4-14-26-36)32-43(37-27-15-5-16-28-37)38-29-17-6-18-30-38/h1-30,39-40H,31-32H2/t39-,40-/m0/s1. The van der Waals surface area contributed by atoms with E-state index in [1.54, 1.807) is 0 Å². The topological polar surface area (TPSA) is 0 Å². The summed E-state index contributed by atoms with van der Waals surface area (Å²) >= 11 is 0. The first-order valence-electron chi connectivity index (χ1n) is 15.2. The molecule has 1 saturated carbocycles. The molecule has 0 unspecified atom stereocenters. The van der Waals surface area contributed by atoms with Crippen molar-refractivity contribution in [2.24, 2.45) is 5.41 Å². The first-order chi connectivity index (χ1) is 21.3. The van der Waals surface area contributed by atoms with Crippen molar-refractivity contribution in [1.29, 1.82) is 0 Å². The molecule has 1 fully saturated rings. The van der Waals surface area contributed by atoms with Gasteiger partial charge in [-0.2, -0.15) is 0 Å². The van der Waals surface area contributed by atoms with Gasteiger partial charge in [0.2, 0.25) is 0 Å². The zero-order chi connectivity index (χ0) is 28.9. The van der Waals surface area contributed by atoms with Crippen LogP contribution in [0, 0.1) is 5.41 Å². The highest BCUT2D eigenvalue weighted by atomic mass is 31.1. The molecule has 0 heterocycles. The number of hydrogen-bond acceptors (Lipinski definition) is 0. The highest BCUT2D eigenvalue weighted by Gasteiger charge is 2.66. The van der Waals surface area contributed by atoms with E-state index in [0.29, 0.717) is 11.8 Å². The summed E-state index contributed by atoms with van der Waals surface area (Å²) in [5, 5.41) is 5.88. The van der Waals surface area contributed by atoms with Gasteiger partial charge in [0.15, 0.2) is 0 Å². The molecule has 1 aliphatic carbocycles. The monoisotopic (exact) mass is 590 g/mol. The van der Waals surface area contributed by atoms with E-state index in [-0.39, 0.29) is 5.41 Å². The fourth-order valence-electron chi connectivity index (χ4n) is 6.99. The average molecular weight is 591 g/mol. The Bertz CT molecular complexity index is 1490. The first-order valence-corrected chi connectivity index (χ1v) is 18.2. The van der Waals surface area contributed by atoms with Gasteiger partial charge in [-0.15, -0.1) is 0 Å². The third-order valence-electron chi connectivity index (χ3n) is 8.96. The number of rotatable bonds is 10. The summed E-state index contributed by atoms with van der Waals surface area (Å²) in [7, 11) is -1.14. The van der Waals surface area contributed by atoms with Crippen LogP contribution in [0.15, 0.2) is 182 Å². The molecule has 6 aromatic carbocycles. The largest absolute Gasteiger partial charge is 0.0622 e. The maximum atomic E-state index is 2.38. The highest BCUT2D eigenvalue weighted by molar-refractivity contribution is 7.74. The summed E-state index contributed by atoms with van der Waals surface area (Å²) in [6.07, 6.45) is 2.32. The Labute approximate surface area is 259 Å². The quantitative estimate of drug-likeness (QED) is 0.140. The maximum Gasteiger partial charge on any atom is -0.00174 e. The van der Waals surface area contributed by atoms with Crippen LogP contribution in [0.2, 0.25) is 0 Å². The fourth-order valence-corrected chi connectivity index (χ4v) is 12.8. The van der Waals surface area contributed by atoms with Gasteiger partial charge in [0.1, 0.15) is 0 Å². The van der Waals surface area contributed by atoms with Crippen molar-refractivity contribution < 1.29 is 0 Å². The van der Waals surface area contributed by atoms with Crippen molar-refractivity contribution in [2.45, 2.75) is 11.8 Å². The third-order valence-corrected chi connectivity index (χ3v) is 14.5. The minimum Gasteiger partial charge on any atom is -0.0622 e. The molecular weight excluding hydrogens is 554 g/mol. The van der Waals surface area contributed by atoms with Gasteiger partial charge >= 0.3 is 0 Å². The summed E-state index contributed by atoms with van der Waals surface area (Å²) in [5.41, 5.74) is 3.06. The van der Waals surface area contributed by atoms with Crippen molar-refractivity contribution in [3.8, 4) is 0 Å². The highest BCUT2D eigenvalue weighted by Crippen LogP contribution is 2.75. The van der Waals surface area contributed by atoms with Crippen molar-refractivity contribution in [2.75, 3.05) is 12.3 Å². The van der Waals surface area contributed by atoms with E-state index in [0.717, 1.165) is 12.3 Å². The Morgan fingerprint density at radius 1 is 0.326 bits per heavy atom. The Hall–Kier alpha value is -3.82. The lowest BCUT2D eigenvalue weighted by molar-refractivity contribution is 0.622. The molecule has 7 rings (SSSR count). The normalized spacial score (nSPS) is 17.2. The Balaban J connectivity index is 1.42. The van der Waals surface area contributed by atoms with E-state index in [1.165, 1.54) is 32.3 Å². The second kappa shape index (κ2) is 12.8. The zero-order valence-electron chi connectivity index (χ0n) is 24.3. The molecule has 6 aromatic rings. The van der Waals surface area contributed by atoms with Gasteiger partial charge in [-0.3, -0.25) is 0 Å². The van der Waals surface area contributed by atoms with E-state index < -0.39 is 15.8 Å². The predicted molar refractivity (Wildman–Crippen MR) is 189 cm³/mol. The molecule has 2 atom stereocenters. The van der Waals surface area contributed by atoms with Gasteiger partial charge in [-0.05, 0) is 77.8 Å². The maximum absolute atomic E-state index is 2.38. The van der Waals surface area contributed by atoms with Crippen molar-refractivity contribution >= 4 is 37.1 Å². The van der Waals surface area contributed by atoms with Gasteiger partial charge in [-0.25, -0.2) is 0 Å². The minimum atomic E-state index is -0.568. The summed E-state index contributed by atoms with van der Waals surface area (Å²) < 4.78 is 0. The molecule has 0 radical (unpaired) electrons. The molecule has 210 valence electrons. The summed E-state index contributed by atoms with van der Waals surface area (Å²) in [4.78, 5) is 0. The number of benzene rings is 6. The molecule has 43 heavy (non-hydrogen) atoms. The second-order valence-corrected chi connectivity index (χ2v) is 15.9. The molecule has 0 spiro atoms. The molecule has 0 nitrogen and oxygen atoms in total. The van der Waals surface area contributed by atoms with E-state index in [1.807, 2.05) is 0 Å². The van der Waals surface area contributed by atoms with Crippen LogP contribution in [-0.4, -0.2) is 12.3 Å². The lowest BCUT2D eigenvalue weighted by atomic mass is 10.0. The van der Waals surface area contributed by atoms with Gasteiger partial charge in [0.25, 0.3) is 0 Å². The van der Waals surface area contributed by atoms with E-state index >= 15 is 0 Å². The van der Waals surface area contributed by atoms with Crippen molar-refractivity contribution in [3.63, 3.8) is 0 Å². The Kier molecular flexibility index (Phi) is 8.34. The van der Waals surface area contributed by atoms with Gasteiger partial charge < -0.3 is 0 Å². The lowest BCUT2D eigenvalue weighted by Crippen LogP contribution is -2.27. The molecule has 0 bridgehead atoms. The molecule has 0 saturated heterocycles. The predicted octanol–water partition coefficient (Wildman–Crippen LogP) is 8.82. The molecule has 2 heteroatoms. The average Bonchev–Trinajstić information content (AvgIpc) is 3.76. The van der Waals surface area contributed by atoms with Gasteiger partial charge in [-0.1, -0.05) is 182 Å². The summed E-state index contributed by atoms with van der Waals surface area (Å²) in [6, 6.07) is 68.0. The Morgan fingerprint density at radius 2 is 0.558 bits per heavy atom. The van der Waals surface area contributed by atoms with Crippen LogP contribution in [0.5, 0.6) is 0 Å². The van der Waals surface area contributed by atoms with Gasteiger partial charge in [0.05, 0.1) is 0 Å². The molecular formula is C41H36P2. The van der Waals surface area contributed by atoms with Crippen LogP contribution in [-0.2, 0) is 0 Å². The summed E-state index contributed by atoms with van der Waals surface area (Å²) in [6.45, 7) is 0. The van der Waals surface area contributed by atoms with Crippen molar-refractivity contribution in [3.05, 3.63) is 193 Å². The van der Waals surface area contributed by atoms with E-state index in [9.17, 15) is 0 Å².